The van der Waals surface area contributed by atoms with Gasteiger partial charge < -0.3 is 14.9 Å². The number of carbonyl (C=O) groups is 1. The van der Waals surface area contributed by atoms with Crippen LogP contribution >= 0.6 is 22.9 Å². The highest BCUT2D eigenvalue weighted by molar-refractivity contribution is 7.17. The number of nitrogens with zero attached hydrogens (tertiary/aromatic N) is 2. The van der Waals surface area contributed by atoms with Crippen LogP contribution in [0.4, 0.5) is 0 Å². The number of benzene rings is 1. The smallest absolute Gasteiger partial charge is 0.329 e. The van der Waals surface area contributed by atoms with E-state index in [1.807, 2.05) is 12.1 Å². The Kier molecular flexibility index (Phi) is 4.33. The van der Waals surface area contributed by atoms with Crippen LogP contribution in [-0.2, 0) is 0 Å². The van der Waals surface area contributed by atoms with Crippen molar-refractivity contribution >= 4 is 50.0 Å². The molecule has 1 amide bonds. The van der Waals surface area contributed by atoms with E-state index in [1.54, 1.807) is 28.5 Å². The van der Waals surface area contributed by atoms with Crippen LogP contribution in [0, 0.1) is 0 Å². The van der Waals surface area contributed by atoms with Crippen LogP contribution in [0.5, 0.6) is 0 Å². The predicted molar refractivity (Wildman–Crippen MR) is 114 cm³/mol. The Hall–Kier alpha value is -2.84. The standard InChI is InChI=1S/C20H17ClN4O3S/c21-12-1-2-14-11(9-12)10-16(22-14)18(26)24-6-3-13(4-7-24)25-19(27)17-15(5-8-29-17)23-20(25)28/h1-2,5,8-10,13,22H,3-4,6-7H2,(H,23,28). The second kappa shape index (κ2) is 6.89. The second-order valence-electron chi connectivity index (χ2n) is 7.21. The number of nitrogens with one attached hydrogen (secondary N) is 2. The highest BCUT2D eigenvalue weighted by atomic mass is 35.5. The SMILES string of the molecule is O=C(c1cc2cc(Cl)ccc2[nH]1)N1CCC(n2c(=O)[nH]c3ccsc3c2=O)CC1. The van der Waals surface area contributed by atoms with E-state index < -0.39 is 5.69 Å². The Balaban J connectivity index is 1.36. The molecule has 0 spiro atoms. The summed E-state index contributed by atoms with van der Waals surface area (Å²) in [5.74, 6) is -0.0919. The van der Waals surface area contributed by atoms with Crippen molar-refractivity contribution in [3.63, 3.8) is 0 Å². The van der Waals surface area contributed by atoms with Crippen LogP contribution in [0.1, 0.15) is 29.4 Å². The topological polar surface area (TPSA) is 91.0 Å². The summed E-state index contributed by atoms with van der Waals surface area (Å²) in [4.78, 5) is 45.7. The minimum Gasteiger partial charge on any atom is -0.351 e. The minimum absolute atomic E-state index is 0.0919. The molecule has 0 saturated carbocycles. The van der Waals surface area contributed by atoms with E-state index in [1.165, 1.54) is 15.9 Å². The van der Waals surface area contributed by atoms with Gasteiger partial charge in [-0.1, -0.05) is 11.6 Å². The Morgan fingerprint density at radius 3 is 2.66 bits per heavy atom. The van der Waals surface area contributed by atoms with Crippen LogP contribution in [0.2, 0.25) is 5.02 Å². The van der Waals surface area contributed by atoms with Crippen molar-refractivity contribution < 1.29 is 4.79 Å². The molecule has 0 aliphatic carbocycles. The molecule has 7 nitrogen and oxygen atoms in total. The molecule has 1 aliphatic heterocycles. The van der Waals surface area contributed by atoms with E-state index in [9.17, 15) is 14.4 Å². The van der Waals surface area contributed by atoms with Crippen molar-refractivity contribution in [3.8, 4) is 0 Å². The zero-order valence-corrected chi connectivity index (χ0v) is 16.8. The first kappa shape index (κ1) is 18.2. The molecule has 1 saturated heterocycles. The summed E-state index contributed by atoms with van der Waals surface area (Å²) in [6.07, 6.45) is 1.11. The van der Waals surface area contributed by atoms with E-state index in [4.69, 9.17) is 11.6 Å². The van der Waals surface area contributed by atoms with Gasteiger partial charge in [-0.25, -0.2) is 4.79 Å². The molecule has 29 heavy (non-hydrogen) atoms. The van der Waals surface area contributed by atoms with E-state index >= 15 is 0 Å². The Morgan fingerprint density at radius 1 is 1.07 bits per heavy atom. The molecule has 1 aliphatic rings. The van der Waals surface area contributed by atoms with Crippen LogP contribution in [0.15, 0.2) is 45.3 Å². The van der Waals surface area contributed by atoms with Gasteiger partial charge in [0.15, 0.2) is 0 Å². The maximum atomic E-state index is 12.9. The number of halogens is 1. The summed E-state index contributed by atoms with van der Waals surface area (Å²) >= 11 is 7.35. The van der Waals surface area contributed by atoms with Crippen LogP contribution in [0.25, 0.3) is 21.1 Å². The monoisotopic (exact) mass is 428 g/mol. The number of rotatable bonds is 2. The van der Waals surface area contributed by atoms with Crippen LogP contribution in [0.3, 0.4) is 0 Å². The zero-order chi connectivity index (χ0) is 20.1. The third kappa shape index (κ3) is 3.08. The molecule has 0 radical (unpaired) electrons. The number of H-pyrrole nitrogens is 2. The van der Waals surface area contributed by atoms with E-state index in [0.717, 1.165) is 10.9 Å². The highest BCUT2D eigenvalue weighted by Crippen LogP contribution is 2.25. The number of amides is 1. The number of likely N-dealkylation sites (tertiary alicyclic amines) is 1. The lowest BCUT2D eigenvalue weighted by atomic mass is 10.0. The van der Waals surface area contributed by atoms with E-state index in [-0.39, 0.29) is 17.5 Å². The van der Waals surface area contributed by atoms with Crippen LogP contribution in [-0.4, -0.2) is 38.4 Å². The summed E-state index contributed by atoms with van der Waals surface area (Å²) in [5, 5.41) is 3.30. The van der Waals surface area contributed by atoms with E-state index in [0.29, 0.717) is 46.9 Å². The Labute approximate surface area is 173 Å². The van der Waals surface area contributed by atoms with Crippen molar-refractivity contribution in [2.75, 3.05) is 13.1 Å². The van der Waals surface area contributed by atoms with Crippen molar-refractivity contribution in [3.05, 3.63) is 67.3 Å². The quantitative estimate of drug-likeness (QED) is 0.513. The number of piperidine rings is 1. The third-order valence-corrected chi connectivity index (χ3v) is 6.61. The van der Waals surface area contributed by atoms with Gasteiger partial charge in [-0.15, -0.1) is 11.3 Å². The predicted octanol–water partition coefficient (Wildman–Crippen LogP) is 3.36. The molecule has 2 N–H and O–H groups in total. The van der Waals surface area contributed by atoms with Gasteiger partial charge in [0.05, 0.1) is 5.52 Å². The van der Waals surface area contributed by atoms with Gasteiger partial charge in [0.25, 0.3) is 11.5 Å². The molecular formula is C20H17ClN4O3S. The molecule has 3 aromatic heterocycles. The third-order valence-electron chi connectivity index (χ3n) is 5.47. The molecule has 148 valence electrons. The number of aromatic amines is 2. The van der Waals surface area contributed by atoms with E-state index in [2.05, 4.69) is 9.97 Å². The maximum Gasteiger partial charge on any atom is 0.329 e. The molecule has 4 aromatic rings. The number of aromatic nitrogens is 3. The largest absolute Gasteiger partial charge is 0.351 e. The van der Waals surface area contributed by atoms with Crippen molar-refractivity contribution in [2.24, 2.45) is 0 Å². The fourth-order valence-corrected chi connectivity index (χ4v) is 4.96. The molecular weight excluding hydrogens is 412 g/mol. The second-order valence-corrected chi connectivity index (χ2v) is 8.56. The number of hydrogen-bond acceptors (Lipinski definition) is 4. The fraction of sp³-hybridized carbons (Fsp3) is 0.250. The molecule has 5 rings (SSSR count). The normalized spacial score (nSPS) is 15.4. The molecule has 9 heteroatoms. The van der Waals surface area contributed by atoms with Gasteiger partial charge in [-0.3, -0.25) is 14.2 Å². The minimum atomic E-state index is -0.391. The Bertz CT molecular complexity index is 1360. The molecule has 1 fully saturated rings. The maximum absolute atomic E-state index is 12.9. The lowest BCUT2D eigenvalue weighted by molar-refractivity contribution is 0.0687. The number of carbonyl (C=O) groups excluding carboxylic acids is 1. The number of hydrogen-bond donors (Lipinski definition) is 2. The van der Waals surface area contributed by atoms with Gasteiger partial charge >= 0.3 is 5.69 Å². The first-order valence-electron chi connectivity index (χ1n) is 9.31. The Morgan fingerprint density at radius 2 is 1.86 bits per heavy atom. The summed E-state index contributed by atoms with van der Waals surface area (Å²) in [6.45, 7) is 0.960. The summed E-state index contributed by atoms with van der Waals surface area (Å²) in [6, 6.07) is 8.76. The average molecular weight is 429 g/mol. The average Bonchev–Trinajstić information content (AvgIpc) is 3.34. The lowest BCUT2D eigenvalue weighted by Gasteiger charge is -2.32. The zero-order valence-electron chi connectivity index (χ0n) is 15.3. The molecule has 4 heterocycles. The van der Waals surface area contributed by atoms with Gasteiger partial charge in [-0.2, -0.15) is 0 Å². The summed E-state index contributed by atoms with van der Waals surface area (Å²) in [5.41, 5.74) is 1.30. The number of thiophene rings is 1. The summed E-state index contributed by atoms with van der Waals surface area (Å²) in [7, 11) is 0. The first-order valence-corrected chi connectivity index (χ1v) is 10.6. The molecule has 0 bridgehead atoms. The summed E-state index contributed by atoms with van der Waals surface area (Å²) < 4.78 is 1.87. The molecule has 0 unspecified atom stereocenters. The van der Waals surface area contributed by atoms with Crippen molar-refractivity contribution in [2.45, 2.75) is 18.9 Å². The van der Waals surface area contributed by atoms with Crippen LogP contribution < -0.4 is 11.2 Å². The highest BCUT2D eigenvalue weighted by Gasteiger charge is 2.27. The lowest BCUT2D eigenvalue weighted by Crippen LogP contribution is -2.44. The fourth-order valence-electron chi connectivity index (χ4n) is 4.00. The van der Waals surface area contributed by atoms with Crippen molar-refractivity contribution in [1.82, 2.24) is 19.4 Å². The molecule has 0 atom stereocenters. The first-order chi connectivity index (χ1) is 14.0. The van der Waals surface area contributed by atoms with Gasteiger partial charge in [0, 0.05) is 35.1 Å². The molecule has 1 aromatic carbocycles. The van der Waals surface area contributed by atoms with Gasteiger partial charge in [-0.05, 0) is 48.6 Å². The van der Waals surface area contributed by atoms with Crippen molar-refractivity contribution in [1.29, 1.82) is 0 Å². The van der Waals surface area contributed by atoms with Gasteiger partial charge in [0.1, 0.15) is 10.4 Å². The number of fused-ring (bicyclic) bond motifs is 2. The van der Waals surface area contributed by atoms with Gasteiger partial charge in [0.2, 0.25) is 0 Å².